The van der Waals surface area contributed by atoms with Gasteiger partial charge in [0.2, 0.25) is 5.95 Å². The van der Waals surface area contributed by atoms with Gasteiger partial charge in [-0.1, -0.05) is 146 Å². The molecule has 7 heterocycles. The van der Waals surface area contributed by atoms with Gasteiger partial charge in [-0.25, -0.2) is 14.5 Å². The number of hydrogen-bond donors (Lipinski definition) is 4. The van der Waals surface area contributed by atoms with E-state index < -0.39 is 0 Å². The van der Waals surface area contributed by atoms with E-state index in [1.165, 1.54) is 0 Å². The summed E-state index contributed by atoms with van der Waals surface area (Å²) in [6.07, 6.45) is 0. The number of pyridine rings is 2. The first-order chi connectivity index (χ1) is 34.5. The number of nitrogens with zero attached hydrogens (tertiary/aromatic N) is 4. The molecule has 0 atom stereocenters. The molecule has 0 aliphatic carbocycles. The molecule has 70 heavy (non-hydrogen) atoms. The quantitative estimate of drug-likeness (QED) is 0.137. The van der Waals surface area contributed by atoms with E-state index >= 15 is 0 Å². The normalized spacial score (nSPS) is 12.1. The first kappa shape index (κ1) is 38.3. The molecule has 4 N–H and O–H groups in total. The summed E-state index contributed by atoms with van der Waals surface area (Å²) >= 11 is 0. The van der Waals surface area contributed by atoms with Gasteiger partial charge in [0.25, 0.3) is 11.1 Å². The average Bonchev–Trinajstić information content (AvgIpc) is 4.20. The van der Waals surface area contributed by atoms with E-state index in [1.807, 2.05) is 103 Å². The highest BCUT2D eigenvalue weighted by Crippen LogP contribution is 2.39. The van der Waals surface area contributed by atoms with Crippen molar-refractivity contribution in [3.8, 4) is 45.1 Å². The first-order valence-corrected chi connectivity index (χ1v) is 23.2. The van der Waals surface area contributed by atoms with Gasteiger partial charge in [0.15, 0.2) is 0 Å². The van der Waals surface area contributed by atoms with Crippen molar-refractivity contribution in [2.24, 2.45) is 0 Å². The van der Waals surface area contributed by atoms with Crippen LogP contribution in [0.25, 0.3) is 144 Å². The number of hydrogen-bond acceptors (Lipinski definition) is 4. The van der Waals surface area contributed by atoms with Gasteiger partial charge in [-0.2, -0.15) is 0 Å². The van der Waals surface area contributed by atoms with Gasteiger partial charge in [0.05, 0.1) is 16.9 Å². The molecule has 0 bridgehead atoms. The maximum absolute atomic E-state index is 14.8. The monoisotopic (exact) mass is 900 g/mol. The second-order valence-corrected chi connectivity index (χ2v) is 18.0. The molecule has 10 nitrogen and oxygen atoms in total. The highest BCUT2D eigenvalue weighted by molar-refractivity contribution is 6.28. The number of rotatable bonds is 5. The summed E-state index contributed by atoms with van der Waals surface area (Å²) < 4.78 is 3.43. The minimum atomic E-state index is -0.235. The van der Waals surface area contributed by atoms with Crippen molar-refractivity contribution in [1.82, 2.24) is 39.0 Å². The van der Waals surface area contributed by atoms with Crippen LogP contribution >= 0.6 is 0 Å². The van der Waals surface area contributed by atoms with Crippen LogP contribution in [-0.4, -0.2) is 39.0 Å². The number of aromatic amines is 4. The summed E-state index contributed by atoms with van der Waals surface area (Å²) in [5.74, 6) is 0.281. The van der Waals surface area contributed by atoms with E-state index in [0.717, 1.165) is 121 Å². The Morgan fingerprint density at radius 1 is 0.343 bits per heavy atom. The fraction of sp³-hybridized carbons (Fsp3) is 0. The van der Waals surface area contributed by atoms with Crippen molar-refractivity contribution in [3.05, 3.63) is 215 Å². The molecule has 0 fully saturated rings. The van der Waals surface area contributed by atoms with Crippen LogP contribution in [0.4, 0.5) is 0 Å². The minimum Gasteiger partial charge on any atom is -0.350 e. The summed E-state index contributed by atoms with van der Waals surface area (Å²) in [5, 5.41) is 8.72. The summed E-state index contributed by atoms with van der Waals surface area (Å²) in [4.78, 5) is 53.8. The molecule has 8 aromatic carbocycles. The SMILES string of the molecule is O=c1c2[nH]c3ccccc3c2c2c3ccccc3[nH]c2n1-c1cccc(-c2cccc(-c3ccc(-c4nc(-n5c(=O)c6[nH]c7ccccc7c6c6c7ccccc7[nH]c65)nc5ccccc45)cc3)c2)c1. The maximum atomic E-state index is 14.8. The fourth-order valence-electron chi connectivity index (χ4n) is 11.0. The standard InChI is InChI=1S/C60H36N8O2/c69-58-54-49(39-17-1-6-22-44(39)61-54)51-41-19-3-8-24-46(41)63-56(51)67(58)38-16-12-15-37(32-38)36-14-11-13-35(31-36)33-27-29-34(30-28-33)53-43-21-5-10-26-48(43)65-60(66-53)68-57-52(42-20-4-9-25-47(42)64-57)50-40-18-2-7-23-45(40)62-55(50)59(68)70/h1-32,61-64H. The van der Waals surface area contributed by atoms with Gasteiger partial charge in [-0.3, -0.25) is 14.2 Å². The fourth-order valence-corrected chi connectivity index (χ4v) is 11.0. The van der Waals surface area contributed by atoms with Crippen LogP contribution in [0.5, 0.6) is 0 Å². The summed E-state index contributed by atoms with van der Waals surface area (Å²) in [6.45, 7) is 0. The van der Waals surface area contributed by atoms with E-state index in [4.69, 9.17) is 9.97 Å². The van der Waals surface area contributed by atoms with Gasteiger partial charge in [-0.05, 0) is 70.8 Å². The molecule has 0 saturated carbocycles. The largest absolute Gasteiger partial charge is 0.350 e. The Labute approximate surface area is 395 Å². The Hall–Kier alpha value is -9.80. The van der Waals surface area contributed by atoms with E-state index in [-0.39, 0.29) is 17.1 Å². The number of aromatic nitrogens is 8. The Kier molecular flexibility index (Phi) is 7.86. The Balaban J connectivity index is 0.836. The summed E-state index contributed by atoms with van der Waals surface area (Å²) in [5.41, 5.74) is 13.0. The van der Waals surface area contributed by atoms with Gasteiger partial charge < -0.3 is 19.9 Å². The van der Waals surface area contributed by atoms with Gasteiger partial charge >= 0.3 is 0 Å². The molecule has 0 saturated heterocycles. The molecular weight excluding hydrogens is 865 g/mol. The smallest absolute Gasteiger partial charge is 0.283 e. The lowest BCUT2D eigenvalue weighted by molar-refractivity contribution is 0.934. The van der Waals surface area contributed by atoms with Crippen molar-refractivity contribution in [1.29, 1.82) is 0 Å². The summed E-state index contributed by atoms with van der Waals surface area (Å²) in [6, 6.07) is 65.5. The number of benzene rings is 8. The Morgan fingerprint density at radius 2 is 0.786 bits per heavy atom. The van der Waals surface area contributed by atoms with Crippen LogP contribution in [0.2, 0.25) is 0 Å². The molecular formula is C60H36N8O2. The molecule has 0 aliphatic rings. The topological polar surface area (TPSA) is 133 Å². The van der Waals surface area contributed by atoms with Crippen molar-refractivity contribution in [2.45, 2.75) is 0 Å². The van der Waals surface area contributed by atoms with E-state index in [0.29, 0.717) is 16.7 Å². The van der Waals surface area contributed by atoms with Crippen LogP contribution in [0.3, 0.4) is 0 Å². The summed E-state index contributed by atoms with van der Waals surface area (Å²) in [7, 11) is 0. The molecule has 0 radical (unpaired) electrons. The zero-order chi connectivity index (χ0) is 46.2. The zero-order valence-corrected chi connectivity index (χ0v) is 37.1. The maximum Gasteiger partial charge on any atom is 0.283 e. The molecule has 0 aliphatic heterocycles. The second-order valence-electron chi connectivity index (χ2n) is 18.0. The lowest BCUT2D eigenvalue weighted by Gasteiger charge is -2.13. The third-order valence-electron chi connectivity index (χ3n) is 14.1. The lowest BCUT2D eigenvalue weighted by Crippen LogP contribution is -2.21. The van der Waals surface area contributed by atoms with E-state index in [9.17, 15) is 9.59 Å². The molecule has 0 unspecified atom stereocenters. The average molecular weight is 901 g/mol. The van der Waals surface area contributed by atoms with Gasteiger partial charge in [0, 0.05) is 76.1 Å². The highest BCUT2D eigenvalue weighted by atomic mass is 16.1. The van der Waals surface area contributed by atoms with Crippen LogP contribution in [-0.2, 0) is 0 Å². The number of para-hydroxylation sites is 5. The van der Waals surface area contributed by atoms with Crippen LogP contribution in [0, 0.1) is 0 Å². The molecule has 0 amide bonds. The molecule has 0 spiro atoms. The molecule has 7 aromatic heterocycles. The van der Waals surface area contributed by atoms with E-state index in [2.05, 4.69) is 111 Å². The van der Waals surface area contributed by atoms with Crippen molar-refractivity contribution >= 4 is 98.4 Å². The Morgan fingerprint density at radius 3 is 1.39 bits per heavy atom. The minimum absolute atomic E-state index is 0.117. The van der Waals surface area contributed by atoms with Gasteiger partial charge in [-0.15, -0.1) is 0 Å². The molecule has 15 aromatic rings. The van der Waals surface area contributed by atoms with Crippen LogP contribution < -0.4 is 11.1 Å². The van der Waals surface area contributed by atoms with Crippen LogP contribution in [0.1, 0.15) is 0 Å². The predicted molar refractivity (Wildman–Crippen MR) is 284 cm³/mol. The predicted octanol–water partition coefficient (Wildman–Crippen LogP) is 13.5. The van der Waals surface area contributed by atoms with Crippen LogP contribution in [0.15, 0.2) is 204 Å². The third kappa shape index (κ3) is 5.43. The Bertz CT molecular complexity index is 4830. The highest BCUT2D eigenvalue weighted by Gasteiger charge is 2.24. The van der Waals surface area contributed by atoms with Crippen molar-refractivity contribution < 1.29 is 0 Å². The number of nitrogens with one attached hydrogen (secondary N) is 4. The number of H-pyrrole nitrogens is 4. The lowest BCUT2D eigenvalue weighted by atomic mass is 9.97. The van der Waals surface area contributed by atoms with E-state index in [1.54, 1.807) is 9.13 Å². The molecule has 15 rings (SSSR count). The van der Waals surface area contributed by atoms with Gasteiger partial charge in [0.1, 0.15) is 22.3 Å². The zero-order valence-electron chi connectivity index (χ0n) is 37.1. The number of fused-ring (bicyclic) bond motifs is 15. The first-order valence-electron chi connectivity index (χ1n) is 23.2. The van der Waals surface area contributed by atoms with Crippen molar-refractivity contribution in [3.63, 3.8) is 0 Å². The third-order valence-corrected chi connectivity index (χ3v) is 14.1. The molecule has 328 valence electrons. The van der Waals surface area contributed by atoms with Crippen molar-refractivity contribution in [2.75, 3.05) is 0 Å². The molecule has 10 heteroatoms. The second kappa shape index (κ2) is 14.4.